The molecular weight excluding hydrogens is 247 g/mol. The van der Waals surface area contributed by atoms with Crippen LogP contribution in [0.3, 0.4) is 0 Å². The van der Waals surface area contributed by atoms with E-state index in [0.29, 0.717) is 17.1 Å². The van der Waals surface area contributed by atoms with Gasteiger partial charge in [-0.05, 0) is 37.1 Å². The average Bonchev–Trinajstić information content (AvgIpc) is 2.35. The monoisotopic (exact) mass is 260 g/mol. The van der Waals surface area contributed by atoms with Crippen molar-refractivity contribution in [2.24, 2.45) is 0 Å². The molecule has 0 aliphatic rings. The van der Waals surface area contributed by atoms with E-state index < -0.39 is 11.9 Å². The van der Waals surface area contributed by atoms with Gasteiger partial charge in [-0.3, -0.25) is 4.79 Å². The smallest absolute Gasteiger partial charge is 0.312 e. The molecular formula is C14H13FN2O2. The van der Waals surface area contributed by atoms with Gasteiger partial charge >= 0.3 is 5.97 Å². The zero-order valence-corrected chi connectivity index (χ0v) is 10.4. The second-order valence-electron chi connectivity index (χ2n) is 4.25. The predicted molar refractivity (Wildman–Crippen MR) is 67.2 cm³/mol. The summed E-state index contributed by atoms with van der Waals surface area (Å²) >= 11 is 0. The van der Waals surface area contributed by atoms with Gasteiger partial charge in [-0.25, -0.2) is 14.4 Å². The van der Waals surface area contributed by atoms with Gasteiger partial charge < -0.3 is 5.11 Å². The number of hydrogen-bond donors (Lipinski definition) is 1. The second kappa shape index (κ2) is 5.56. The molecule has 19 heavy (non-hydrogen) atoms. The Bertz CT molecular complexity index is 602. The van der Waals surface area contributed by atoms with Gasteiger partial charge in [0.1, 0.15) is 17.6 Å². The molecule has 0 bridgehead atoms. The van der Waals surface area contributed by atoms with Gasteiger partial charge in [0.05, 0.1) is 5.69 Å². The van der Waals surface area contributed by atoms with Crippen molar-refractivity contribution in [3.8, 4) is 0 Å². The Labute approximate surface area is 110 Å². The maximum atomic E-state index is 13.1. The van der Waals surface area contributed by atoms with Crippen LogP contribution >= 0.6 is 0 Å². The highest BCUT2D eigenvalue weighted by Crippen LogP contribution is 2.20. The van der Waals surface area contributed by atoms with Crippen molar-refractivity contribution in [2.45, 2.75) is 19.3 Å². The van der Waals surface area contributed by atoms with E-state index >= 15 is 0 Å². The minimum atomic E-state index is -0.984. The van der Waals surface area contributed by atoms with Gasteiger partial charge in [0.2, 0.25) is 0 Å². The van der Waals surface area contributed by atoms with Crippen molar-refractivity contribution in [2.75, 3.05) is 0 Å². The van der Waals surface area contributed by atoms with Gasteiger partial charge in [-0.1, -0.05) is 12.1 Å². The fourth-order valence-corrected chi connectivity index (χ4v) is 1.89. The molecule has 0 saturated carbocycles. The third kappa shape index (κ3) is 3.34. The number of carbonyl (C=O) groups is 1. The van der Waals surface area contributed by atoms with Crippen LogP contribution < -0.4 is 0 Å². The fraction of sp³-hybridized carbons (Fsp3) is 0.214. The summed E-state index contributed by atoms with van der Waals surface area (Å²) < 4.78 is 13.1. The van der Waals surface area contributed by atoms with Gasteiger partial charge in [-0.2, -0.15) is 0 Å². The number of aliphatic carboxylic acids is 1. The van der Waals surface area contributed by atoms with E-state index in [2.05, 4.69) is 9.97 Å². The first kappa shape index (κ1) is 13.1. The summed E-state index contributed by atoms with van der Waals surface area (Å²) in [7, 11) is 0. The number of aromatic nitrogens is 2. The highest BCUT2D eigenvalue weighted by molar-refractivity contribution is 5.75. The van der Waals surface area contributed by atoms with E-state index in [4.69, 9.17) is 0 Å². The Morgan fingerprint density at radius 3 is 2.84 bits per heavy atom. The molecule has 4 nitrogen and oxygen atoms in total. The number of benzene rings is 1. The first-order valence-electron chi connectivity index (χ1n) is 5.83. The molecule has 1 N–H and O–H groups in total. The first-order valence-corrected chi connectivity index (χ1v) is 5.83. The Hall–Kier alpha value is -2.30. The molecule has 5 heteroatoms. The summed E-state index contributed by atoms with van der Waals surface area (Å²) in [5, 5.41) is 9.29. The van der Waals surface area contributed by atoms with Crippen molar-refractivity contribution in [3.05, 3.63) is 59.4 Å². The van der Waals surface area contributed by atoms with Crippen LogP contribution in [-0.4, -0.2) is 21.0 Å². The molecule has 0 fully saturated rings. The van der Waals surface area contributed by atoms with Gasteiger partial charge in [0, 0.05) is 6.20 Å². The van der Waals surface area contributed by atoms with Crippen molar-refractivity contribution in [1.82, 2.24) is 9.97 Å². The van der Waals surface area contributed by atoms with E-state index in [0.717, 1.165) is 0 Å². The van der Waals surface area contributed by atoms with Crippen LogP contribution in [0.25, 0.3) is 0 Å². The van der Waals surface area contributed by atoms with Crippen LogP contribution in [0.4, 0.5) is 4.39 Å². The van der Waals surface area contributed by atoms with Gasteiger partial charge in [-0.15, -0.1) is 0 Å². The number of hydrogen-bond acceptors (Lipinski definition) is 3. The number of nitrogens with zero attached hydrogens (tertiary/aromatic N) is 2. The fourth-order valence-electron chi connectivity index (χ4n) is 1.89. The summed E-state index contributed by atoms with van der Waals surface area (Å²) in [6.07, 6.45) is 1.72. The zero-order chi connectivity index (χ0) is 13.8. The molecule has 0 radical (unpaired) electrons. The lowest BCUT2D eigenvalue weighted by molar-refractivity contribution is -0.138. The summed E-state index contributed by atoms with van der Waals surface area (Å²) in [5.41, 5.74) is 1.06. The normalized spacial score (nSPS) is 12.1. The summed E-state index contributed by atoms with van der Waals surface area (Å²) in [6.45, 7) is 1.70. The molecule has 1 heterocycles. The van der Waals surface area contributed by atoms with E-state index in [1.54, 1.807) is 25.1 Å². The number of halogens is 1. The number of aryl methyl sites for hydroxylation is 1. The van der Waals surface area contributed by atoms with Crippen molar-refractivity contribution in [1.29, 1.82) is 0 Å². The Kier molecular flexibility index (Phi) is 3.85. The highest BCUT2D eigenvalue weighted by Gasteiger charge is 2.22. The molecule has 1 atom stereocenters. The van der Waals surface area contributed by atoms with Gasteiger partial charge in [0.15, 0.2) is 0 Å². The topological polar surface area (TPSA) is 63.1 Å². The number of rotatable bonds is 4. The molecule has 1 aromatic heterocycles. The van der Waals surface area contributed by atoms with Crippen LogP contribution in [0.1, 0.15) is 23.0 Å². The lowest BCUT2D eigenvalue weighted by Crippen LogP contribution is -2.16. The van der Waals surface area contributed by atoms with E-state index in [1.165, 1.54) is 18.3 Å². The molecule has 2 rings (SSSR count). The minimum absolute atomic E-state index is 0.198. The zero-order valence-electron chi connectivity index (χ0n) is 10.4. The van der Waals surface area contributed by atoms with Gasteiger partial charge in [0.25, 0.3) is 0 Å². The lowest BCUT2D eigenvalue weighted by Gasteiger charge is -2.12. The van der Waals surface area contributed by atoms with Crippen LogP contribution in [-0.2, 0) is 11.2 Å². The lowest BCUT2D eigenvalue weighted by atomic mass is 9.96. The molecule has 1 unspecified atom stereocenters. The van der Waals surface area contributed by atoms with E-state index in [9.17, 15) is 14.3 Å². The highest BCUT2D eigenvalue weighted by atomic mass is 19.1. The molecule has 98 valence electrons. The quantitative estimate of drug-likeness (QED) is 0.916. The molecule has 1 aromatic carbocycles. The maximum absolute atomic E-state index is 13.1. The van der Waals surface area contributed by atoms with Crippen LogP contribution in [0, 0.1) is 12.7 Å². The number of carboxylic acids is 1. The maximum Gasteiger partial charge on any atom is 0.312 e. The van der Waals surface area contributed by atoms with E-state index in [-0.39, 0.29) is 12.2 Å². The molecule has 0 amide bonds. The molecule has 0 saturated heterocycles. The number of carboxylic acid groups (broad SMARTS) is 1. The second-order valence-corrected chi connectivity index (χ2v) is 4.25. The molecule has 0 aliphatic carbocycles. The third-order valence-electron chi connectivity index (χ3n) is 2.78. The molecule has 0 aliphatic heterocycles. The minimum Gasteiger partial charge on any atom is -0.481 e. The largest absolute Gasteiger partial charge is 0.481 e. The standard InChI is InChI=1S/C14H13FN2O2/c1-9-16-6-5-13(17-9)12(14(18)19)8-10-3-2-4-11(15)7-10/h2-7,12H,8H2,1H3,(H,18,19). The Morgan fingerprint density at radius 2 is 2.21 bits per heavy atom. The van der Waals surface area contributed by atoms with Crippen molar-refractivity contribution in [3.63, 3.8) is 0 Å². The van der Waals surface area contributed by atoms with Crippen LogP contribution in [0.5, 0.6) is 0 Å². The summed E-state index contributed by atoms with van der Waals surface area (Å²) in [5.74, 6) is -1.64. The third-order valence-corrected chi connectivity index (χ3v) is 2.78. The van der Waals surface area contributed by atoms with E-state index in [1.807, 2.05) is 0 Å². The predicted octanol–water partition coefficient (Wildman–Crippen LogP) is 2.34. The van der Waals surface area contributed by atoms with Crippen molar-refractivity contribution < 1.29 is 14.3 Å². The molecule has 2 aromatic rings. The summed E-state index contributed by atoms with van der Waals surface area (Å²) in [6, 6.07) is 7.51. The Morgan fingerprint density at radius 1 is 1.42 bits per heavy atom. The SMILES string of the molecule is Cc1nccc(C(Cc2cccc(F)c2)C(=O)O)n1. The van der Waals surface area contributed by atoms with Crippen molar-refractivity contribution >= 4 is 5.97 Å². The Balaban J connectivity index is 2.29. The summed E-state index contributed by atoms with van der Waals surface area (Å²) in [4.78, 5) is 19.4. The van der Waals surface area contributed by atoms with Crippen LogP contribution in [0.15, 0.2) is 36.5 Å². The first-order chi connectivity index (χ1) is 9.06. The average molecular weight is 260 g/mol. The van der Waals surface area contributed by atoms with Crippen LogP contribution in [0.2, 0.25) is 0 Å². The molecule has 0 spiro atoms.